The van der Waals surface area contributed by atoms with Crippen LogP contribution in [-0.2, 0) is 23.0 Å². The number of nitrogens with zero attached hydrogens (tertiary/aromatic N) is 2. The summed E-state index contributed by atoms with van der Waals surface area (Å²) >= 11 is 4.77. The van der Waals surface area contributed by atoms with Gasteiger partial charge >= 0.3 is 5.97 Å². The lowest BCUT2D eigenvalue weighted by atomic mass is 10.2. The summed E-state index contributed by atoms with van der Waals surface area (Å²) in [5, 5.41) is 5.91. The second-order valence-electron chi connectivity index (χ2n) is 5.09. The molecule has 0 aliphatic heterocycles. The maximum Gasteiger partial charge on any atom is 0.311 e. The number of benzene rings is 1. The van der Waals surface area contributed by atoms with Crippen LogP contribution in [0, 0.1) is 0 Å². The minimum Gasteiger partial charge on any atom is -0.469 e. The Bertz CT molecular complexity index is 893. The van der Waals surface area contributed by atoms with Gasteiger partial charge in [0.05, 0.1) is 23.7 Å². The van der Waals surface area contributed by atoms with Crippen LogP contribution in [0.2, 0.25) is 0 Å². The Labute approximate surface area is 150 Å². The van der Waals surface area contributed by atoms with Gasteiger partial charge in [0.1, 0.15) is 5.69 Å². The number of nitrogens with one attached hydrogen (secondary N) is 1. The van der Waals surface area contributed by atoms with Crippen LogP contribution in [0.1, 0.15) is 16.2 Å². The molecule has 0 saturated carbocycles. The quantitative estimate of drug-likeness (QED) is 0.672. The molecule has 0 saturated heterocycles. The number of methoxy groups -OCH3 is 1. The molecule has 0 fully saturated rings. The molecule has 3 aromatic rings. The number of rotatable bonds is 4. The number of amides is 1. The van der Waals surface area contributed by atoms with Gasteiger partial charge in [-0.25, -0.2) is 4.98 Å². The number of aryl methyl sites for hydroxylation is 1. The Morgan fingerprint density at radius 1 is 1.38 bits per heavy atom. The largest absolute Gasteiger partial charge is 0.469 e. The Morgan fingerprint density at radius 2 is 2.12 bits per heavy atom. The van der Waals surface area contributed by atoms with Crippen molar-refractivity contribution in [3.05, 3.63) is 45.5 Å². The van der Waals surface area contributed by atoms with Crippen molar-refractivity contribution in [1.82, 2.24) is 9.55 Å². The molecule has 124 valence electrons. The lowest BCUT2D eigenvalue weighted by Gasteiger charge is -2.04. The minimum absolute atomic E-state index is 0.0839. The normalized spacial score (nSPS) is 10.8. The van der Waals surface area contributed by atoms with Crippen LogP contribution in [0.15, 0.2) is 34.1 Å². The van der Waals surface area contributed by atoms with Gasteiger partial charge < -0.3 is 9.30 Å². The van der Waals surface area contributed by atoms with E-state index in [1.807, 2.05) is 35.9 Å². The highest BCUT2D eigenvalue weighted by atomic mass is 79.9. The van der Waals surface area contributed by atoms with Crippen LogP contribution in [-0.4, -0.2) is 28.5 Å². The molecule has 0 aliphatic rings. The molecule has 6 nitrogen and oxygen atoms in total. The first-order chi connectivity index (χ1) is 11.5. The fourth-order valence-electron chi connectivity index (χ4n) is 2.42. The van der Waals surface area contributed by atoms with Gasteiger partial charge in [0.15, 0.2) is 5.13 Å². The van der Waals surface area contributed by atoms with Crippen molar-refractivity contribution < 1.29 is 14.3 Å². The summed E-state index contributed by atoms with van der Waals surface area (Å²) in [7, 11) is 3.17. The van der Waals surface area contributed by atoms with E-state index in [4.69, 9.17) is 0 Å². The number of para-hydroxylation sites is 1. The zero-order valence-electron chi connectivity index (χ0n) is 13.0. The van der Waals surface area contributed by atoms with E-state index >= 15 is 0 Å². The number of thiazole rings is 1. The number of fused-ring (bicyclic) bond motifs is 1. The van der Waals surface area contributed by atoms with Crippen LogP contribution in [0.25, 0.3) is 10.9 Å². The average molecular weight is 408 g/mol. The third-order valence-electron chi connectivity index (χ3n) is 3.59. The highest BCUT2D eigenvalue weighted by Crippen LogP contribution is 2.31. The molecule has 0 radical (unpaired) electrons. The van der Waals surface area contributed by atoms with Crippen molar-refractivity contribution in [2.45, 2.75) is 6.42 Å². The van der Waals surface area contributed by atoms with Crippen LogP contribution in [0.5, 0.6) is 0 Å². The van der Waals surface area contributed by atoms with E-state index in [1.165, 1.54) is 18.4 Å². The molecule has 1 N–H and O–H groups in total. The molecule has 0 unspecified atom stereocenters. The smallest absolute Gasteiger partial charge is 0.311 e. The Morgan fingerprint density at radius 3 is 2.83 bits per heavy atom. The fourth-order valence-corrected chi connectivity index (χ4v) is 3.91. The van der Waals surface area contributed by atoms with E-state index in [1.54, 1.807) is 5.38 Å². The first-order valence-corrected chi connectivity index (χ1v) is 8.74. The van der Waals surface area contributed by atoms with Crippen LogP contribution in [0.4, 0.5) is 5.13 Å². The number of halogens is 1. The zero-order chi connectivity index (χ0) is 17.3. The number of hydrogen-bond acceptors (Lipinski definition) is 5. The van der Waals surface area contributed by atoms with Gasteiger partial charge in [0.2, 0.25) is 0 Å². The second-order valence-corrected chi connectivity index (χ2v) is 6.74. The van der Waals surface area contributed by atoms with E-state index in [0.29, 0.717) is 16.5 Å². The summed E-state index contributed by atoms with van der Waals surface area (Å²) < 4.78 is 7.18. The van der Waals surface area contributed by atoms with Gasteiger partial charge in [-0.1, -0.05) is 18.2 Å². The predicted molar refractivity (Wildman–Crippen MR) is 96.4 cm³/mol. The molecule has 0 spiro atoms. The molecule has 2 aromatic heterocycles. The topological polar surface area (TPSA) is 73.2 Å². The van der Waals surface area contributed by atoms with Gasteiger partial charge in [-0.05, 0) is 22.0 Å². The molecule has 8 heteroatoms. The summed E-state index contributed by atoms with van der Waals surface area (Å²) in [6.07, 6.45) is 0.0839. The maximum absolute atomic E-state index is 12.6. The highest BCUT2D eigenvalue weighted by molar-refractivity contribution is 9.10. The summed E-state index contributed by atoms with van der Waals surface area (Å²) in [5.41, 5.74) is 2.04. The van der Waals surface area contributed by atoms with E-state index in [2.05, 4.69) is 31.0 Å². The standard InChI is InChI=1S/C16H14BrN3O3S/c1-20-11-6-4-3-5-10(11)13(17)14(20)15(22)19-16-18-9(8-24-16)7-12(21)23-2/h3-6,8H,7H2,1-2H3,(H,18,19,22). The molecule has 1 amide bonds. The van der Waals surface area contributed by atoms with Crippen molar-refractivity contribution in [3.8, 4) is 0 Å². The highest BCUT2D eigenvalue weighted by Gasteiger charge is 2.20. The van der Waals surface area contributed by atoms with Gasteiger partial charge in [-0.2, -0.15) is 0 Å². The van der Waals surface area contributed by atoms with Gasteiger partial charge in [0, 0.05) is 23.3 Å². The van der Waals surface area contributed by atoms with E-state index in [0.717, 1.165) is 15.4 Å². The third kappa shape index (κ3) is 3.07. The Hall–Kier alpha value is -2.19. The molecular weight excluding hydrogens is 394 g/mol. The number of anilines is 1. The van der Waals surface area contributed by atoms with Gasteiger partial charge in [0.25, 0.3) is 5.91 Å². The van der Waals surface area contributed by atoms with Crippen molar-refractivity contribution in [1.29, 1.82) is 0 Å². The monoisotopic (exact) mass is 407 g/mol. The summed E-state index contributed by atoms with van der Waals surface area (Å²) in [4.78, 5) is 28.1. The van der Waals surface area contributed by atoms with Crippen LogP contribution >= 0.6 is 27.3 Å². The van der Waals surface area contributed by atoms with Crippen molar-refractivity contribution in [2.75, 3.05) is 12.4 Å². The number of esters is 1. The molecule has 2 heterocycles. The molecule has 0 bridgehead atoms. The number of ether oxygens (including phenoxy) is 1. The van der Waals surface area contributed by atoms with Gasteiger partial charge in [-0.3, -0.25) is 14.9 Å². The minimum atomic E-state index is -0.366. The lowest BCUT2D eigenvalue weighted by Crippen LogP contribution is -2.16. The second kappa shape index (κ2) is 6.74. The molecule has 3 rings (SSSR count). The van der Waals surface area contributed by atoms with Crippen molar-refractivity contribution in [3.63, 3.8) is 0 Å². The lowest BCUT2D eigenvalue weighted by molar-refractivity contribution is -0.139. The molecule has 1 aromatic carbocycles. The number of aromatic nitrogens is 2. The fraction of sp³-hybridized carbons (Fsp3) is 0.188. The molecule has 0 atom stereocenters. The zero-order valence-corrected chi connectivity index (χ0v) is 15.4. The summed E-state index contributed by atoms with van der Waals surface area (Å²) in [6, 6.07) is 7.76. The average Bonchev–Trinajstić information content (AvgIpc) is 3.11. The molecule has 24 heavy (non-hydrogen) atoms. The first kappa shape index (κ1) is 16.7. The predicted octanol–water partition coefficient (Wildman–Crippen LogP) is 3.37. The number of carbonyl (C=O) groups excluding carboxylic acids is 2. The van der Waals surface area contributed by atoms with Crippen molar-refractivity contribution >= 4 is 55.2 Å². The van der Waals surface area contributed by atoms with E-state index in [-0.39, 0.29) is 18.3 Å². The number of carbonyl (C=O) groups is 2. The van der Waals surface area contributed by atoms with Crippen LogP contribution in [0.3, 0.4) is 0 Å². The van der Waals surface area contributed by atoms with E-state index < -0.39 is 0 Å². The molecular formula is C16H14BrN3O3S. The van der Waals surface area contributed by atoms with Crippen LogP contribution < -0.4 is 5.32 Å². The summed E-state index contributed by atoms with van der Waals surface area (Å²) in [5.74, 6) is -0.630. The molecule has 0 aliphatic carbocycles. The SMILES string of the molecule is COC(=O)Cc1csc(NC(=O)c2c(Br)c3ccccc3n2C)n1. The third-order valence-corrected chi connectivity index (χ3v) is 5.19. The Balaban J connectivity index is 1.84. The summed E-state index contributed by atoms with van der Waals surface area (Å²) in [6.45, 7) is 0. The first-order valence-electron chi connectivity index (χ1n) is 7.06. The number of hydrogen-bond donors (Lipinski definition) is 1. The van der Waals surface area contributed by atoms with Crippen molar-refractivity contribution in [2.24, 2.45) is 7.05 Å². The van der Waals surface area contributed by atoms with Gasteiger partial charge in [-0.15, -0.1) is 11.3 Å². The Kier molecular flexibility index (Phi) is 4.68. The van der Waals surface area contributed by atoms with E-state index in [9.17, 15) is 9.59 Å². The maximum atomic E-state index is 12.6.